The molecule has 0 unspecified atom stereocenters. The van der Waals surface area contributed by atoms with Crippen LogP contribution in [0.5, 0.6) is 0 Å². The number of hydrogen-bond acceptors (Lipinski definition) is 4. The standard InChI is InChI=1S/C26H33N3O3S/c1-19-16-22-17-24(12-13-25(22)29(19)26(30)21-6-5-7-21)33(31,32)27-23-10-8-20(9-11-23)18-28-14-3-2-4-15-28/h8-13,17,19,21,27H,2-7,14-16,18H2,1H3/t19-/m1/s1. The number of nitrogens with zero attached hydrogens (tertiary/aromatic N) is 2. The van der Waals surface area contributed by atoms with Crippen molar-refractivity contribution in [2.24, 2.45) is 5.92 Å². The molecular formula is C26H33N3O3S. The Labute approximate surface area is 197 Å². The molecule has 2 fully saturated rings. The minimum absolute atomic E-state index is 0.0615. The van der Waals surface area contributed by atoms with Crippen molar-refractivity contribution in [3.8, 4) is 0 Å². The Kier molecular flexibility index (Phi) is 6.18. The highest BCUT2D eigenvalue weighted by Gasteiger charge is 2.37. The molecule has 2 aromatic carbocycles. The van der Waals surface area contributed by atoms with Crippen LogP contribution in [0.3, 0.4) is 0 Å². The van der Waals surface area contributed by atoms with E-state index >= 15 is 0 Å². The van der Waals surface area contributed by atoms with E-state index < -0.39 is 10.0 Å². The summed E-state index contributed by atoms with van der Waals surface area (Å²) in [5.41, 5.74) is 3.55. The van der Waals surface area contributed by atoms with E-state index in [0.29, 0.717) is 12.1 Å². The van der Waals surface area contributed by atoms with Gasteiger partial charge in [0.2, 0.25) is 5.91 Å². The Morgan fingerprint density at radius 2 is 1.73 bits per heavy atom. The van der Waals surface area contributed by atoms with Gasteiger partial charge in [-0.05, 0) is 93.6 Å². The molecule has 1 aliphatic carbocycles. The molecule has 176 valence electrons. The van der Waals surface area contributed by atoms with Gasteiger partial charge in [-0.1, -0.05) is 25.0 Å². The molecule has 1 N–H and O–H groups in total. The number of benzene rings is 2. The maximum absolute atomic E-state index is 13.1. The maximum atomic E-state index is 13.1. The first-order valence-corrected chi connectivity index (χ1v) is 13.7. The number of piperidine rings is 1. The van der Waals surface area contributed by atoms with Crippen LogP contribution in [-0.4, -0.2) is 38.4 Å². The molecule has 1 amide bonds. The van der Waals surface area contributed by atoms with Gasteiger partial charge in [0.05, 0.1) is 4.90 Å². The van der Waals surface area contributed by atoms with Crippen LogP contribution in [-0.2, 0) is 27.8 Å². The minimum Gasteiger partial charge on any atom is -0.309 e. The van der Waals surface area contributed by atoms with Gasteiger partial charge >= 0.3 is 0 Å². The van der Waals surface area contributed by atoms with Gasteiger partial charge in [0, 0.05) is 29.9 Å². The van der Waals surface area contributed by atoms with Crippen LogP contribution in [0.2, 0.25) is 0 Å². The van der Waals surface area contributed by atoms with Gasteiger partial charge < -0.3 is 4.90 Å². The first kappa shape index (κ1) is 22.4. The number of anilines is 2. The topological polar surface area (TPSA) is 69.7 Å². The number of nitrogens with one attached hydrogen (secondary N) is 1. The largest absolute Gasteiger partial charge is 0.309 e. The number of carbonyl (C=O) groups is 1. The second-order valence-corrected chi connectivity index (χ2v) is 11.5. The zero-order valence-electron chi connectivity index (χ0n) is 19.3. The number of fused-ring (bicyclic) bond motifs is 1. The van der Waals surface area contributed by atoms with Crippen molar-refractivity contribution in [2.75, 3.05) is 22.7 Å². The Hall–Kier alpha value is -2.38. The third-order valence-corrected chi connectivity index (χ3v) is 8.71. The summed E-state index contributed by atoms with van der Waals surface area (Å²) in [6, 6.07) is 12.9. The van der Waals surface area contributed by atoms with E-state index in [4.69, 9.17) is 0 Å². The van der Waals surface area contributed by atoms with E-state index in [0.717, 1.165) is 50.1 Å². The summed E-state index contributed by atoms with van der Waals surface area (Å²) in [5, 5.41) is 0. The number of carbonyl (C=O) groups excluding carboxylic acids is 1. The third-order valence-electron chi connectivity index (χ3n) is 7.33. The number of hydrogen-bond donors (Lipinski definition) is 1. The average Bonchev–Trinajstić information content (AvgIpc) is 3.09. The smallest absolute Gasteiger partial charge is 0.261 e. The molecule has 7 heteroatoms. The van der Waals surface area contributed by atoms with Crippen molar-refractivity contribution in [1.29, 1.82) is 0 Å². The quantitative estimate of drug-likeness (QED) is 0.677. The van der Waals surface area contributed by atoms with Gasteiger partial charge in [-0.3, -0.25) is 14.4 Å². The summed E-state index contributed by atoms with van der Waals surface area (Å²) < 4.78 is 28.8. The van der Waals surface area contributed by atoms with Gasteiger partial charge in [0.1, 0.15) is 0 Å². The predicted octanol–water partition coefficient (Wildman–Crippen LogP) is 4.55. The molecule has 0 spiro atoms. The van der Waals surface area contributed by atoms with Crippen LogP contribution >= 0.6 is 0 Å². The number of likely N-dealkylation sites (tertiary alicyclic amines) is 1. The van der Waals surface area contributed by atoms with Gasteiger partial charge in [-0.2, -0.15) is 0 Å². The molecule has 0 aromatic heterocycles. The summed E-state index contributed by atoms with van der Waals surface area (Å²) >= 11 is 0. The summed E-state index contributed by atoms with van der Waals surface area (Å²) in [5.74, 6) is 0.312. The minimum atomic E-state index is -3.70. The molecule has 1 saturated carbocycles. The lowest BCUT2D eigenvalue weighted by Gasteiger charge is -2.32. The molecule has 2 aliphatic heterocycles. The second kappa shape index (κ2) is 9.11. The van der Waals surface area contributed by atoms with E-state index in [1.807, 2.05) is 36.1 Å². The average molecular weight is 468 g/mol. The Bertz CT molecular complexity index is 1120. The highest BCUT2D eigenvalue weighted by molar-refractivity contribution is 7.92. The maximum Gasteiger partial charge on any atom is 0.261 e. The van der Waals surface area contributed by atoms with E-state index in [2.05, 4.69) is 9.62 Å². The summed E-state index contributed by atoms with van der Waals surface area (Å²) in [6.45, 7) is 5.21. The fourth-order valence-corrected chi connectivity index (χ4v) is 6.34. The molecule has 3 aliphatic rings. The fraction of sp³-hybridized carbons (Fsp3) is 0.500. The normalized spacial score (nSPS) is 21.5. The Balaban J connectivity index is 1.28. The Morgan fingerprint density at radius 1 is 1.00 bits per heavy atom. The fourth-order valence-electron chi connectivity index (χ4n) is 5.23. The van der Waals surface area contributed by atoms with E-state index in [9.17, 15) is 13.2 Å². The monoisotopic (exact) mass is 467 g/mol. The molecule has 2 aromatic rings. The van der Waals surface area contributed by atoms with Crippen LogP contribution in [0, 0.1) is 5.92 Å². The molecule has 1 saturated heterocycles. The SMILES string of the molecule is C[C@@H]1Cc2cc(S(=O)(=O)Nc3ccc(CN4CCCCC4)cc3)ccc2N1C(=O)C1CCC1. The van der Waals surface area contributed by atoms with Gasteiger partial charge in [0.15, 0.2) is 0 Å². The third kappa shape index (κ3) is 4.66. The lowest BCUT2D eigenvalue weighted by atomic mass is 9.84. The van der Waals surface area contributed by atoms with Crippen LogP contribution in [0.4, 0.5) is 11.4 Å². The summed E-state index contributed by atoms with van der Waals surface area (Å²) in [6.07, 6.45) is 7.55. The van der Waals surface area contributed by atoms with E-state index in [1.165, 1.54) is 24.8 Å². The van der Waals surface area contributed by atoms with Gasteiger partial charge in [0.25, 0.3) is 10.0 Å². The molecule has 5 rings (SSSR count). The zero-order chi connectivity index (χ0) is 23.0. The van der Waals surface area contributed by atoms with E-state index in [-0.39, 0.29) is 22.8 Å². The van der Waals surface area contributed by atoms with Crippen LogP contribution in [0.1, 0.15) is 56.6 Å². The van der Waals surface area contributed by atoms with E-state index in [1.54, 1.807) is 18.2 Å². The zero-order valence-corrected chi connectivity index (χ0v) is 20.1. The molecule has 0 radical (unpaired) electrons. The number of rotatable bonds is 6. The van der Waals surface area contributed by atoms with Crippen molar-refractivity contribution in [3.63, 3.8) is 0 Å². The van der Waals surface area contributed by atoms with Crippen LogP contribution < -0.4 is 9.62 Å². The lowest BCUT2D eigenvalue weighted by molar-refractivity contribution is -0.125. The molecule has 2 heterocycles. The summed E-state index contributed by atoms with van der Waals surface area (Å²) in [7, 11) is -3.70. The number of amides is 1. The van der Waals surface area contributed by atoms with Crippen molar-refractivity contribution in [2.45, 2.75) is 69.4 Å². The van der Waals surface area contributed by atoms with Crippen LogP contribution in [0.15, 0.2) is 47.4 Å². The second-order valence-electron chi connectivity index (χ2n) is 9.82. The van der Waals surface area contributed by atoms with Crippen molar-refractivity contribution < 1.29 is 13.2 Å². The highest BCUT2D eigenvalue weighted by Crippen LogP contribution is 2.38. The van der Waals surface area contributed by atoms with Gasteiger partial charge in [-0.15, -0.1) is 0 Å². The first-order valence-electron chi connectivity index (χ1n) is 12.2. The predicted molar refractivity (Wildman–Crippen MR) is 131 cm³/mol. The van der Waals surface area contributed by atoms with Gasteiger partial charge in [-0.25, -0.2) is 8.42 Å². The van der Waals surface area contributed by atoms with Crippen molar-refractivity contribution in [3.05, 3.63) is 53.6 Å². The lowest BCUT2D eigenvalue weighted by Crippen LogP contribution is -2.42. The first-order chi connectivity index (χ1) is 15.9. The van der Waals surface area contributed by atoms with Crippen molar-refractivity contribution in [1.82, 2.24) is 4.90 Å². The molecule has 0 bridgehead atoms. The van der Waals surface area contributed by atoms with Crippen molar-refractivity contribution >= 4 is 27.3 Å². The molecule has 33 heavy (non-hydrogen) atoms. The molecule has 1 atom stereocenters. The highest BCUT2D eigenvalue weighted by atomic mass is 32.2. The molecule has 6 nitrogen and oxygen atoms in total. The molecular weight excluding hydrogens is 434 g/mol. The van der Waals surface area contributed by atoms with Crippen LogP contribution in [0.25, 0.3) is 0 Å². The Morgan fingerprint density at radius 3 is 2.39 bits per heavy atom. The summed E-state index contributed by atoms with van der Waals surface area (Å²) in [4.78, 5) is 17.4. The number of sulfonamides is 1.